The van der Waals surface area contributed by atoms with E-state index in [1.54, 1.807) is 6.20 Å². The summed E-state index contributed by atoms with van der Waals surface area (Å²) in [4.78, 5) is 20.7. The van der Waals surface area contributed by atoms with E-state index >= 15 is 0 Å². The van der Waals surface area contributed by atoms with Crippen LogP contribution < -0.4 is 0 Å². The maximum absolute atomic E-state index is 10.5. The van der Waals surface area contributed by atoms with Crippen LogP contribution in [-0.4, -0.2) is 21.2 Å². The van der Waals surface area contributed by atoms with Crippen molar-refractivity contribution in [2.75, 3.05) is 0 Å². The zero-order valence-electron chi connectivity index (χ0n) is 8.09. The molecule has 0 aromatic carbocycles. The van der Waals surface area contributed by atoms with E-state index in [9.17, 15) is 4.79 Å². The minimum absolute atomic E-state index is 0.429. The van der Waals surface area contributed by atoms with Crippen molar-refractivity contribution in [1.29, 1.82) is 0 Å². The molecule has 4 nitrogen and oxygen atoms in total. The molecule has 2 aromatic rings. The molecule has 2 aromatic heterocycles. The fourth-order valence-electron chi connectivity index (χ4n) is 1.50. The van der Waals surface area contributed by atoms with Crippen LogP contribution in [0.4, 0.5) is 0 Å². The van der Waals surface area contributed by atoms with Crippen molar-refractivity contribution < 1.29 is 4.79 Å². The molecule has 14 heavy (non-hydrogen) atoms. The standard InChI is InChI=1S/C10H11N3O/c1-6-3-9(7(2)12-6)10-11-4-8(5-14)13-10/h3-5,12H,1-2H3,(H,11,13). The first-order valence-corrected chi connectivity index (χ1v) is 4.38. The van der Waals surface area contributed by atoms with Gasteiger partial charge in [-0.15, -0.1) is 0 Å². The predicted molar refractivity (Wildman–Crippen MR) is 53.2 cm³/mol. The number of carbonyl (C=O) groups excluding carboxylic acids is 1. The molecular formula is C10H11N3O. The van der Waals surface area contributed by atoms with Crippen molar-refractivity contribution in [3.8, 4) is 11.4 Å². The quantitative estimate of drug-likeness (QED) is 0.708. The van der Waals surface area contributed by atoms with Crippen LogP contribution in [0.3, 0.4) is 0 Å². The lowest BCUT2D eigenvalue weighted by molar-refractivity contribution is 0.111. The van der Waals surface area contributed by atoms with Crippen LogP contribution in [0, 0.1) is 13.8 Å². The molecule has 2 rings (SSSR count). The molecule has 0 aliphatic carbocycles. The molecule has 0 radical (unpaired) electrons. The Labute approximate surface area is 81.4 Å². The zero-order chi connectivity index (χ0) is 10.1. The second kappa shape index (κ2) is 3.14. The Hall–Kier alpha value is -1.84. The van der Waals surface area contributed by atoms with Crippen LogP contribution in [0.2, 0.25) is 0 Å². The minimum Gasteiger partial charge on any atom is -0.362 e. The van der Waals surface area contributed by atoms with Gasteiger partial charge < -0.3 is 9.97 Å². The van der Waals surface area contributed by atoms with E-state index in [0.717, 1.165) is 29.1 Å². The summed E-state index contributed by atoms with van der Waals surface area (Å²) in [7, 11) is 0. The van der Waals surface area contributed by atoms with Crippen LogP contribution in [0.25, 0.3) is 11.4 Å². The Kier molecular flexibility index (Phi) is 1.96. The van der Waals surface area contributed by atoms with Crippen molar-refractivity contribution in [2.24, 2.45) is 0 Å². The summed E-state index contributed by atoms with van der Waals surface area (Å²) in [6, 6.07) is 2.00. The maximum atomic E-state index is 10.5. The number of hydrogen-bond acceptors (Lipinski definition) is 2. The molecule has 0 amide bonds. The summed E-state index contributed by atoms with van der Waals surface area (Å²) in [5.74, 6) is 0.731. The average Bonchev–Trinajstić information content (AvgIpc) is 2.71. The Morgan fingerprint density at radius 3 is 2.71 bits per heavy atom. The van der Waals surface area contributed by atoms with Crippen molar-refractivity contribution in [2.45, 2.75) is 13.8 Å². The highest BCUT2D eigenvalue weighted by molar-refractivity contribution is 5.73. The molecule has 2 N–H and O–H groups in total. The lowest BCUT2D eigenvalue weighted by Crippen LogP contribution is -1.82. The molecule has 0 atom stereocenters. The number of aryl methyl sites for hydroxylation is 2. The third kappa shape index (κ3) is 1.35. The third-order valence-electron chi connectivity index (χ3n) is 2.12. The van der Waals surface area contributed by atoms with Crippen molar-refractivity contribution in [1.82, 2.24) is 15.0 Å². The summed E-state index contributed by atoms with van der Waals surface area (Å²) < 4.78 is 0. The summed E-state index contributed by atoms with van der Waals surface area (Å²) in [5, 5.41) is 0. The maximum Gasteiger partial charge on any atom is 0.170 e. The Morgan fingerprint density at radius 2 is 2.21 bits per heavy atom. The molecule has 72 valence electrons. The van der Waals surface area contributed by atoms with Crippen molar-refractivity contribution >= 4 is 6.29 Å². The predicted octanol–water partition coefficient (Wildman–Crippen LogP) is 1.83. The Bertz CT molecular complexity index is 467. The van der Waals surface area contributed by atoms with E-state index in [1.807, 2.05) is 19.9 Å². The lowest BCUT2D eigenvalue weighted by Gasteiger charge is -1.92. The van der Waals surface area contributed by atoms with Gasteiger partial charge in [0.2, 0.25) is 0 Å². The number of nitrogens with zero attached hydrogens (tertiary/aromatic N) is 1. The van der Waals surface area contributed by atoms with Crippen LogP contribution in [0.15, 0.2) is 12.3 Å². The van der Waals surface area contributed by atoms with Crippen LogP contribution in [0.1, 0.15) is 21.9 Å². The lowest BCUT2D eigenvalue weighted by atomic mass is 10.2. The van der Waals surface area contributed by atoms with E-state index in [1.165, 1.54) is 0 Å². The van der Waals surface area contributed by atoms with E-state index in [-0.39, 0.29) is 0 Å². The van der Waals surface area contributed by atoms with E-state index in [2.05, 4.69) is 15.0 Å². The van der Waals surface area contributed by atoms with E-state index < -0.39 is 0 Å². The number of H-pyrrole nitrogens is 2. The number of imidazole rings is 1. The van der Waals surface area contributed by atoms with Gasteiger partial charge in [-0.05, 0) is 19.9 Å². The summed E-state index contributed by atoms with van der Waals surface area (Å²) >= 11 is 0. The van der Waals surface area contributed by atoms with Gasteiger partial charge in [-0.3, -0.25) is 4.79 Å². The fraction of sp³-hybridized carbons (Fsp3) is 0.200. The topological polar surface area (TPSA) is 61.5 Å². The first-order chi connectivity index (χ1) is 6.70. The molecule has 0 unspecified atom stereocenters. The monoisotopic (exact) mass is 189 g/mol. The van der Waals surface area contributed by atoms with Crippen LogP contribution in [-0.2, 0) is 0 Å². The highest BCUT2D eigenvalue weighted by Crippen LogP contribution is 2.20. The summed E-state index contributed by atoms with van der Waals surface area (Å²) in [6.45, 7) is 3.96. The molecule has 0 saturated heterocycles. The highest BCUT2D eigenvalue weighted by Gasteiger charge is 2.08. The number of aldehydes is 1. The first-order valence-electron chi connectivity index (χ1n) is 4.38. The molecule has 0 bridgehead atoms. The van der Waals surface area contributed by atoms with Gasteiger partial charge >= 0.3 is 0 Å². The normalized spacial score (nSPS) is 10.4. The summed E-state index contributed by atoms with van der Waals surface area (Å²) in [6.07, 6.45) is 2.33. The number of carbonyl (C=O) groups is 1. The number of nitrogens with one attached hydrogen (secondary N) is 2. The van der Waals surface area contributed by atoms with Gasteiger partial charge in [0.05, 0.1) is 0 Å². The minimum atomic E-state index is 0.429. The SMILES string of the molecule is Cc1cc(-c2nc(C=O)c[nH]2)c(C)[nH]1. The molecule has 0 saturated carbocycles. The van der Waals surface area contributed by atoms with Gasteiger partial charge in [-0.25, -0.2) is 4.98 Å². The molecule has 0 spiro atoms. The molecule has 0 fully saturated rings. The van der Waals surface area contributed by atoms with Crippen LogP contribution in [0.5, 0.6) is 0 Å². The van der Waals surface area contributed by atoms with Crippen molar-refractivity contribution in [3.63, 3.8) is 0 Å². The number of aromatic amines is 2. The van der Waals surface area contributed by atoms with E-state index in [0.29, 0.717) is 5.69 Å². The first kappa shape index (κ1) is 8.74. The Balaban J connectivity index is 2.48. The van der Waals surface area contributed by atoms with Gasteiger partial charge in [0.15, 0.2) is 6.29 Å². The number of rotatable bonds is 2. The fourth-order valence-corrected chi connectivity index (χ4v) is 1.50. The summed E-state index contributed by atoms with van der Waals surface area (Å²) in [5.41, 5.74) is 3.57. The average molecular weight is 189 g/mol. The molecule has 4 heteroatoms. The second-order valence-electron chi connectivity index (χ2n) is 3.28. The molecule has 0 aliphatic heterocycles. The largest absolute Gasteiger partial charge is 0.362 e. The van der Waals surface area contributed by atoms with Gasteiger partial charge in [-0.1, -0.05) is 0 Å². The molecule has 0 aliphatic rings. The third-order valence-corrected chi connectivity index (χ3v) is 2.12. The van der Waals surface area contributed by atoms with Gasteiger partial charge in [0.1, 0.15) is 11.5 Å². The Morgan fingerprint density at radius 1 is 1.43 bits per heavy atom. The number of hydrogen-bond donors (Lipinski definition) is 2. The van der Waals surface area contributed by atoms with Gasteiger partial charge in [0, 0.05) is 23.1 Å². The van der Waals surface area contributed by atoms with Crippen molar-refractivity contribution in [3.05, 3.63) is 29.3 Å². The smallest absolute Gasteiger partial charge is 0.170 e. The van der Waals surface area contributed by atoms with Gasteiger partial charge in [0.25, 0.3) is 0 Å². The van der Waals surface area contributed by atoms with Gasteiger partial charge in [-0.2, -0.15) is 0 Å². The second-order valence-corrected chi connectivity index (χ2v) is 3.28. The molecular weight excluding hydrogens is 178 g/mol. The number of aromatic nitrogens is 3. The van der Waals surface area contributed by atoms with Crippen LogP contribution >= 0.6 is 0 Å². The highest BCUT2D eigenvalue weighted by atomic mass is 16.1. The molecule has 2 heterocycles. The van der Waals surface area contributed by atoms with E-state index in [4.69, 9.17) is 0 Å². The zero-order valence-corrected chi connectivity index (χ0v) is 8.09.